The van der Waals surface area contributed by atoms with Gasteiger partial charge in [0.25, 0.3) is 0 Å². The van der Waals surface area contributed by atoms with Crippen LogP contribution in [0.2, 0.25) is 0 Å². The number of hydrogen-bond acceptors (Lipinski definition) is 3. The molecule has 4 heteroatoms. The smallest absolute Gasteiger partial charge is 0.255 e. The van der Waals surface area contributed by atoms with E-state index in [0.29, 0.717) is 0 Å². The van der Waals surface area contributed by atoms with Gasteiger partial charge in [-0.3, -0.25) is 4.79 Å². The van der Waals surface area contributed by atoms with Crippen molar-refractivity contribution in [3.05, 3.63) is 15.2 Å². The van der Waals surface area contributed by atoms with E-state index < -0.39 is 0 Å². The molecule has 56 valence electrons. The van der Waals surface area contributed by atoms with Gasteiger partial charge in [0.05, 0.1) is 5.54 Å². The molecule has 0 unspecified atom stereocenters. The van der Waals surface area contributed by atoms with Crippen molar-refractivity contribution in [3.63, 3.8) is 0 Å². The molecule has 0 aliphatic rings. The largest absolute Gasteiger partial charge is 0.325 e. The van der Waals surface area contributed by atoms with Crippen LogP contribution in [-0.4, -0.2) is 9.78 Å². The molecule has 1 rings (SSSR count). The molecular formula is C6H10N2OS. The molecule has 0 aliphatic carbocycles. The highest BCUT2D eigenvalue weighted by molar-refractivity contribution is 7.06. The van der Waals surface area contributed by atoms with Crippen LogP contribution in [0.4, 0.5) is 0 Å². The minimum absolute atomic E-state index is 0.00694. The summed E-state index contributed by atoms with van der Waals surface area (Å²) in [5, 5.41) is 3.91. The maximum Gasteiger partial charge on any atom is 0.325 e. The van der Waals surface area contributed by atoms with Crippen molar-refractivity contribution in [2.24, 2.45) is 0 Å². The van der Waals surface area contributed by atoms with Gasteiger partial charge in [-0.15, -0.1) is 0 Å². The summed E-state index contributed by atoms with van der Waals surface area (Å²) in [6, 6.07) is 0. The fourth-order valence-corrected chi connectivity index (χ4v) is 1.31. The maximum absolute atomic E-state index is 11.0. The molecule has 0 saturated carbocycles. The average Bonchev–Trinajstić information content (AvgIpc) is 2.11. The van der Waals surface area contributed by atoms with Crippen molar-refractivity contribution in [2.45, 2.75) is 26.3 Å². The Kier molecular flexibility index (Phi) is 1.64. The van der Waals surface area contributed by atoms with Gasteiger partial charge in [-0.05, 0) is 20.8 Å². The molecule has 0 radical (unpaired) electrons. The van der Waals surface area contributed by atoms with Crippen LogP contribution in [0.15, 0.2) is 10.3 Å². The van der Waals surface area contributed by atoms with Crippen molar-refractivity contribution in [3.8, 4) is 0 Å². The fraction of sp³-hybridized carbons (Fsp3) is 0.667. The van der Waals surface area contributed by atoms with E-state index in [9.17, 15) is 4.79 Å². The number of aromatic nitrogens is 2. The van der Waals surface area contributed by atoms with E-state index in [1.165, 1.54) is 4.68 Å². The predicted molar refractivity (Wildman–Crippen MR) is 41.4 cm³/mol. The lowest BCUT2D eigenvalue weighted by Crippen LogP contribution is -2.31. The maximum atomic E-state index is 11.0. The molecular weight excluding hydrogens is 148 g/mol. The number of nitrogens with zero attached hydrogens (tertiary/aromatic N) is 2. The Labute approximate surface area is 63.3 Å². The first-order valence-electron chi connectivity index (χ1n) is 3.05. The fourth-order valence-electron chi connectivity index (χ4n) is 0.660. The molecule has 1 heterocycles. The lowest BCUT2D eigenvalue weighted by atomic mass is 10.1. The number of rotatable bonds is 0. The van der Waals surface area contributed by atoms with Crippen LogP contribution in [0, 0.1) is 0 Å². The van der Waals surface area contributed by atoms with Gasteiger partial charge in [0.1, 0.15) is 5.51 Å². The zero-order valence-electron chi connectivity index (χ0n) is 6.29. The van der Waals surface area contributed by atoms with Crippen molar-refractivity contribution >= 4 is 11.3 Å². The summed E-state index contributed by atoms with van der Waals surface area (Å²) in [7, 11) is 0. The molecule has 10 heavy (non-hydrogen) atoms. The second-order valence-electron chi connectivity index (χ2n) is 3.09. The minimum Gasteiger partial charge on any atom is -0.255 e. The van der Waals surface area contributed by atoms with E-state index in [1.807, 2.05) is 20.8 Å². The normalized spacial score (nSPS) is 11.9. The van der Waals surface area contributed by atoms with Crippen LogP contribution in [0.25, 0.3) is 0 Å². The Morgan fingerprint density at radius 1 is 1.60 bits per heavy atom. The summed E-state index contributed by atoms with van der Waals surface area (Å²) < 4.78 is 1.48. The third-order valence-corrected chi connectivity index (χ3v) is 1.70. The molecule has 0 amide bonds. The van der Waals surface area contributed by atoms with E-state index in [2.05, 4.69) is 5.10 Å². The summed E-state index contributed by atoms with van der Waals surface area (Å²) in [6.45, 7) is 5.86. The van der Waals surface area contributed by atoms with Crippen molar-refractivity contribution in [1.29, 1.82) is 0 Å². The second-order valence-corrected chi connectivity index (χ2v) is 3.88. The zero-order chi connectivity index (χ0) is 7.78. The molecule has 0 saturated heterocycles. The second kappa shape index (κ2) is 2.20. The standard InChI is InChI=1S/C6H10N2OS/c1-6(2,3)8-5(9)10-4-7-8/h4H,1-3H3. The summed E-state index contributed by atoms with van der Waals surface area (Å²) in [5.74, 6) is 0. The van der Waals surface area contributed by atoms with Gasteiger partial charge in [-0.2, -0.15) is 5.10 Å². The van der Waals surface area contributed by atoms with E-state index in [-0.39, 0.29) is 10.4 Å². The molecule has 0 spiro atoms. The summed E-state index contributed by atoms with van der Waals surface area (Å²) >= 11 is 1.13. The lowest BCUT2D eigenvalue weighted by Gasteiger charge is -2.16. The first kappa shape index (κ1) is 7.47. The highest BCUT2D eigenvalue weighted by atomic mass is 32.1. The summed E-state index contributed by atoms with van der Waals surface area (Å²) in [4.78, 5) is 11.0. The van der Waals surface area contributed by atoms with Crippen LogP contribution in [-0.2, 0) is 5.54 Å². The van der Waals surface area contributed by atoms with E-state index >= 15 is 0 Å². The Morgan fingerprint density at radius 3 is 2.40 bits per heavy atom. The third-order valence-electron chi connectivity index (χ3n) is 1.12. The summed E-state index contributed by atoms with van der Waals surface area (Å²) in [5.41, 5.74) is 1.38. The molecule has 0 bridgehead atoms. The van der Waals surface area contributed by atoms with Gasteiger partial charge in [-0.1, -0.05) is 11.3 Å². The van der Waals surface area contributed by atoms with Gasteiger partial charge >= 0.3 is 4.87 Å². The lowest BCUT2D eigenvalue weighted by molar-refractivity contribution is 0.347. The molecule has 0 N–H and O–H groups in total. The Balaban J connectivity index is 3.18. The van der Waals surface area contributed by atoms with Crippen LogP contribution < -0.4 is 4.87 Å². The van der Waals surface area contributed by atoms with Crippen LogP contribution in [0.3, 0.4) is 0 Å². The van der Waals surface area contributed by atoms with E-state index in [0.717, 1.165) is 11.3 Å². The Morgan fingerprint density at radius 2 is 2.20 bits per heavy atom. The van der Waals surface area contributed by atoms with E-state index in [1.54, 1.807) is 5.51 Å². The number of hydrogen-bond donors (Lipinski definition) is 0. The molecule has 0 aliphatic heterocycles. The van der Waals surface area contributed by atoms with Crippen LogP contribution in [0.1, 0.15) is 20.8 Å². The van der Waals surface area contributed by atoms with Crippen LogP contribution >= 0.6 is 11.3 Å². The van der Waals surface area contributed by atoms with Crippen molar-refractivity contribution < 1.29 is 0 Å². The Bertz CT molecular complexity index is 268. The highest BCUT2D eigenvalue weighted by Crippen LogP contribution is 2.08. The first-order valence-corrected chi connectivity index (χ1v) is 3.93. The minimum atomic E-state index is -0.183. The third kappa shape index (κ3) is 1.26. The Hall–Kier alpha value is -0.640. The zero-order valence-corrected chi connectivity index (χ0v) is 7.10. The molecule has 0 atom stereocenters. The molecule has 0 fully saturated rings. The van der Waals surface area contributed by atoms with Crippen molar-refractivity contribution in [2.75, 3.05) is 0 Å². The highest BCUT2D eigenvalue weighted by Gasteiger charge is 2.15. The topological polar surface area (TPSA) is 34.9 Å². The van der Waals surface area contributed by atoms with E-state index in [4.69, 9.17) is 0 Å². The van der Waals surface area contributed by atoms with Gasteiger partial charge < -0.3 is 0 Å². The monoisotopic (exact) mass is 158 g/mol. The summed E-state index contributed by atoms with van der Waals surface area (Å²) in [6.07, 6.45) is 0. The van der Waals surface area contributed by atoms with Gasteiger partial charge in [0.2, 0.25) is 0 Å². The average molecular weight is 158 g/mol. The predicted octanol–water partition coefficient (Wildman–Crippen LogP) is 1.06. The SMILES string of the molecule is CC(C)(C)n1ncsc1=O. The molecule has 1 aromatic rings. The van der Waals surface area contributed by atoms with Gasteiger partial charge in [-0.25, -0.2) is 4.68 Å². The van der Waals surface area contributed by atoms with Crippen LogP contribution in [0.5, 0.6) is 0 Å². The first-order chi connectivity index (χ1) is 4.52. The molecule has 1 aromatic heterocycles. The quantitative estimate of drug-likeness (QED) is 0.566. The van der Waals surface area contributed by atoms with Gasteiger partial charge in [0.15, 0.2) is 0 Å². The molecule has 0 aromatic carbocycles. The molecule has 3 nitrogen and oxygen atoms in total. The van der Waals surface area contributed by atoms with Gasteiger partial charge in [0, 0.05) is 0 Å². The van der Waals surface area contributed by atoms with Crippen molar-refractivity contribution in [1.82, 2.24) is 9.78 Å².